The molecule has 10 nitrogen and oxygen atoms in total. The molecule has 0 atom stereocenters. The van der Waals surface area contributed by atoms with E-state index in [1.54, 1.807) is 0 Å². The molecule has 3 rings (SSSR count). The first kappa shape index (κ1) is 24.1. The number of Topliss-reactive ketones (excluding diaryl/α,β-unsaturated/α-hetero) is 2. The number of benzene rings is 2. The summed E-state index contributed by atoms with van der Waals surface area (Å²) in [6, 6.07) is 10.3. The minimum absolute atomic E-state index is 0.106. The van der Waals surface area contributed by atoms with E-state index < -0.39 is 36.5 Å². The number of halogens is 3. The van der Waals surface area contributed by atoms with Gasteiger partial charge >= 0.3 is 0 Å². The highest BCUT2D eigenvalue weighted by atomic mass is 35.5. The molecule has 2 aromatic carbocycles. The van der Waals surface area contributed by atoms with E-state index in [9.17, 15) is 29.8 Å². The summed E-state index contributed by atoms with van der Waals surface area (Å²) in [7, 11) is 0. The van der Waals surface area contributed by atoms with Gasteiger partial charge in [0.15, 0.2) is 0 Å². The molecule has 2 aromatic rings. The topological polar surface area (TPSA) is 136 Å². The highest BCUT2D eigenvalue weighted by Crippen LogP contribution is 2.36. The number of nitro groups is 2. The summed E-state index contributed by atoms with van der Waals surface area (Å²) in [5.41, 5.74) is -0.218. The Morgan fingerprint density at radius 3 is 1.73 bits per heavy atom. The maximum atomic E-state index is 12.9. The number of hydrogen-bond donors (Lipinski definition) is 0. The third kappa shape index (κ3) is 4.77. The first-order valence-electron chi connectivity index (χ1n) is 8.91. The zero-order chi connectivity index (χ0) is 24.4. The van der Waals surface area contributed by atoms with Gasteiger partial charge in [-0.15, -0.1) is 0 Å². The van der Waals surface area contributed by atoms with Crippen LogP contribution in [0.5, 0.6) is 0 Å². The van der Waals surface area contributed by atoms with Gasteiger partial charge < -0.3 is 0 Å². The lowest BCUT2D eigenvalue weighted by Gasteiger charge is -2.28. The lowest BCUT2D eigenvalue weighted by atomic mass is 10.1. The van der Waals surface area contributed by atoms with Gasteiger partial charge in [-0.1, -0.05) is 34.8 Å². The van der Waals surface area contributed by atoms with Gasteiger partial charge in [0.25, 0.3) is 11.4 Å². The van der Waals surface area contributed by atoms with Crippen molar-refractivity contribution in [3.8, 4) is 0 Å². The van der Waals surface area contributed by atoms with Gasteiger partial charge in [-0.25, -0.2) is 4.99 Å². The Bertz CT molecular complexity index is 1280. The molecule has 0 saturated heterocycles. The number of allylic oxidation sites excluding steroid dienone is 3. The lowest BCUT2D eigenvalue weighted by Crippen LogP contribution is -2.36. The predicted molar refractivity (Wildman–Crippen MR) is 123 cm³/mol. The molecule has 0 unspecified atom stereocenters. The van der Waals surface area contributed by atoms with Gasteiger partial charge in [0.1, 0.15) is 26.6 Å². The number of carbonyl (C=O) groups is 2. The number of nitro benzene ring substituents is 2. The highest BCUT2D eigenvalue weighted by molar-refractivity contribution is 6.64. The van der Waals surface area contributed by atoms with Crippen LogP contribution in [0.4, 0.5) is 22.7 Å². The molecule has 33 heavy (non-hydrogen) atoms. The minimum atomic E-state index is -0.881. The summed E-state index contributed by atoms with van der Waals surface area (Å²) < 4.78 is 0. The van der Waals surface area contributed by atoms with Crippen molar-refractivity contribution in [3.63, 3.8) is 0 Å². The van der Waals surface area contributed by atoms with E-state index in [-0.39, 0.29) is 34.3 Å². The van der Waals surface area contributed by atoms with Crippen molar-refractivity contribution >= 4 is 75.0 Å². The molecule has 0 saturated carbocycles. The second kappa shape index (κ2) is 9.49. The van der Waals surface area contributed by atoms with Gasteiger partial charge in [0, 0.05) is 30.0 Å². The fourth-order valence-electron chi connectivity index (χ4n) is 2.89. The van der Waals surface area contributed by atoms with Crippen molar-refractivity contribution in [1.82, 2.24) is 0 Å². The molecule has 0 bridgehead atoms. The van der Waals surface area contributed by atoms with E-state index >= 15 is 0 Å². The monoisotopic (exact) mass is 508 g/mol. The van der Waals surface area contributed by atoms with Gasteiger partial charge in [-0.05, 0) is 31.2 Å². The number of non-ortho nitro benzene ring substituents is 2. The first-order chi connectivity index (χ1) is 15.5. The van der Waals surface area contributed by atoms with Crippen molar-refractivity contribution in [2.45, 2.75) is 6.92 Å². The molecule has 0 amide bonds. The molecule has 0 spiro atoms. The summed E-state index contributed by atoms with van der Waals surface area (Å²) in [5.74, 6) is -1.63. The number of carbonyl (C=O) groups excluding carboxylic acids is 2. The van der Waals surface area contributed by atoms with Crippen LogP contribution in [0.25, 0.3) is 0 Å². The fourth-order valence-corrected chi connectivity index (χ4v) is 3.56. The zero-order valence-electron chi connectivity index (χ0n) is 16.5. The average molecular weight is 510 g/mol. The number of anilines is 1. The van der Waals surface area contributed by atoms with Crippen LogP contribution in [0.15, 0.2) is 74.3 Å². The Morgan fingerprint density at radius 2 is 1.24 bits per heavy atom. The van der Waals surface area contributed by atoms with Crippen LogP contribution in [0, 0.1) is 20.2 Å². The second-order valence-corrected chi connectivity index (χ2v) is 7.62. The van der Waals surface area contributed by atoms with Crippen LogP contribution in [0.1, 0.15) is 6.92 Å². The molecule has 0 aliphatic heterocycles. The van der Waals surface area contributed by atoms with E-state index in [1.165, 1.54) is 60.4 Å². The molecule has 1 aliphatic carbocycles. The lowest BCUT2D eigenvalue weighted by molar-refractivity contribution is -0.385. The number of aliphatic imine (C=N–C) groups is 1. The molecule has 0 radical (unpaired) electrons. The molecule has 13 heteroatoms. The van der Waals surface area contributed by atoms with Crippen LogP contribution in [-0.2, 0) is 9.59 Å². The molecule has 1 aliphatic rings. The Balaban J connectivity index is 2.17. The third-order valence-corrected chi connectivity index (χ3v) is 5.60. The van der Waals surface area contributed by atoms with Gasteiger partial charge in [-0.2, -0.15) is 0 Å². The molecule has 0 fully saturated rings. The van der Waals surface area contributed by atoms with Crippen LogP contribution in [0.3, 0.4) is 0 Å². The minimum Gasteiger partial charge on any atom is -0.293 e. The van der Waals surface area contributed by atoms with E-state index in [0.717, 1.165) is 0 Å². The Labute approximate surface area is 200 Å². The summed E-state index contributed by atoms with van der Waals surface area (Å²) >= 11 is 17.9. The van der Waals surface area contributed by atoms with Crippen LogP contribution in [0.2, 0.25) is 0 Å². The van der Waals surface area contributed by atoms with Crippen LogP contribution in [-0.4, -0.2) is 27.2 Å². The van der Waals surface area contributed by atoms with E-state index in [1.807, 2.05) is 0 Å². The molecule has 0 aromatic heterocycles. The van der Waals surface area contributed by atoms with Gasteiger partial charge in [-0.3, -0.25) is 34.7 Å². The first-order valence-corrected chi connectivity index (χ1v) is 10.0. The second-order valence-electron chi connectivity index (χ2n) is 6.49. The molecule has 0 N–H and O–H groups in total. The maximum Gasteiger partial charge on any atom is 0.269 e. The molecular weight excluding hydrogens is 499 g/mol. The number of amidine groups is 1. The smallest absolute Gasteiger partial charge is 0.269 e. The summed E-state index contributed by atoms with van der Waals surface area (Å²) in [5, 5.41) is 20.3. The summed E-state index contributed by atoms with van der Waals surface area (Å²) in [4.78, 5) is 51.6. The van der Waals surface area contributed by atoms with Crippen molar-refractivity contribution < 1.29 is 19.4 Å². The third-order valence-electron chi connectivity index (χ3n) is 4.43. The van der Waals surface area contributed by atoms with Gasteiger partial charge in [0.05, 0.1) is 15.5 Å². The fraction of sp³-hybridized carbons (Fsp3) is 0.0500. The summed E-state index contributed by atoms with van der Waals surface area (Å²) in [6.45, 7) is 1.48. The molecule has 168 valence electrons. The highest BCUT2D eigenvalue weighted by Gasteiger charge is 2.37. The van der Waals surface area contributed by atoms with Crippen LogP contribution < -0.4 is 4.90 Å². The van der Waals surface area contributed by atoms with Gasteiger partial charge in [0.2, 0.25) is 11.6 Å². The van der Waals surface area contributed by atoms with E-state index in [4.69, 9.17) is 34.8 Å². The number of ketones is 2. The SMILES string of the molecule is CC(=Nc1ccc([N+](=O)[O-])cc1)N(C1=C(Cl)C(=O)C(Cl)=C(Cl)C1=O)c1ccc([N+](=O)[O-])cc1. The Hall–Kier alpha value is -3.60. The average Bonchev–Trinajstić information content (AvgIpc) is 2.79. The summed E-state index contributed by atoms with van der Waals surface area (Å²) in [6.07, 6.45) is 0. The Morgan fingerprint density at radius 1 is 0.788 bits per heavy atom. The molecule has 0 heterocycles. The van der Waals surface area contributed by atoms with Crippen molar-refractivity contribution in [2.75, 3.05) is 4.90 Å². The zero-order valence-corrected chi connectivity index (χ0v) is 18.8. The quantitative estimate of drug-likeness (QED) is 0.174. The maximum absolute atomic E-state index is 12.9. The Kier molecular flexibility index (Phi) is 6.92. The van der Waals surface area contributed by atoms with Crippen LogP contribution >= 0.6 is 34.8 Å². The van der Waals surface area contributed by atoms with Crippen molar-refractivity contribution in [2.24, 2.45) is 4.99 Å². The number of nitrogens with zero attached hydrogens (tertiary/aromatic N) is 4. The standard InChI is InChI=1S/C20H11Cl3N4O6/c1-10(24-11-2-4-13(5-3-11)26(30)31)25(12-6-8-14(9-7-12)27(32)33)18-17(23)19(28)15(21)16(22)20(18)29/h2-9H,1H3. The number of rotatable bonds is 5. The predicted octanol–water partition coefficient (Wildman–Crippen LogP) is 5.35. The van der Waals surface area contributed by atoms with Crippen molar-refractivity contribution in [1.29, 1.82) is 0 Å². The van der Waals surface area contributed by atoms with E-state index in [0.29, 0.717) is 0 Å². The largest absolute Gasteiger partial charge is 0.293 e. The number of hydrogen-bond acceptors (Lipinski definition) is 7. The normalized spacial score (nSPS) is 14.6. The van der Waals surface area contributed by atoms with E-state index in [2.05, 4.69) is 4.99 Å². The molecular formula is C20H11Cl3N4O6. The van der Waals surface area contributed by atoms with Crippen molar-refractivity contribution in [3.05, 3.63) is 89.6 Å².